The largest absolute Gasteiger partial charge is 0.463 e. The number of rotatable bonds is 6. The number of thiophene rings is 1. The highest BCUT2D eigenvalue weighted by molar-refractivity contribution is 7.12. The van der Waals surface area contributed by atoms with Gasteiger partial charge in [0.1, 0.15) is 0 Å². The van der Waals surface area contributed by atoms with Gasteiger partial charge in [0.2, 0.25) is 5.91 Å². The Morgan fingerprint density at radius 3 is 2.63 bits per heavy atom. The van der Waals surface area contributed by atoms with Gasteiger partial charge in [0.25, 0.3) is 5.91 Å². The van der Waals surface area contributed by atoms with Crippen molar-refractivity contribution in [3.63, 3.8) is 0 Å². The Balaban J connectivity index is 2.39. The molecular formula is C12H16N2O4S. The molecule has 1 aromatic heterocycles. The molecule has 7 heteroatoms. The molecule has 0 aliphatic heterocycles. The number of esters is 1. The van der Waals surface area contributed by atoms with Crippen LogP contribution in [0.25, 0.3) is 0 Å². The van der Waals surface area contributed by atoms with E-state index in [0.717, 1.165) is 11.3 Å². The van der Waals surface area contributed by atoms with Crippen molar-refractivity contribution < 1.29 is 19.1 Å². The van der Waals surface area contributed by atoms with Gasteiger partial charge in [0.05, 0.1) is 23.0 Å². The zero-order valence-electron chi connectivity index (χ0n) is 10.8. The van der Waals surface area contributed by atoms with Crippen LogP contribution in [-0.4, -0.2) is 30.4 Å². The summed E-state index contributed by atoms with van der Waals surface area (Å²) in [7, 11) is 0. The molecule has 0 fully saturated rings. The van der Waals surface area contributed by atoms with Crippen LogP contribution in [0, 0.1) is 0 Å². The molecule has 0 aromatic carbocycles. The highest BCUT2D eigenvalue weighted by atomic mass is 32.1. The van der Waals surface area contributed by atoms with Crippen LogP contribution < -0.4 is 11.1 Å². The number of nitrogens with two attached hydrogens (primary N) is 1. The number of hydrogen-bond acceptors (Lipinski definition) is 5. The predicted octanol–water partition coefficient (Wildman–Crippen LogP) is 0.919. The van der Waals surface area contributed by atoms with E-state index in [-0.39, 0.29) is 30.9 Å². The molecule has 2 amide bonds. The molecule has 1 heterocycles. The predicted molar refractivity (Wildman–Crippen MR) is 71.0 cm³/mol. The van der Waals surface area contributed by atoms with Crippen molar-refractivity contribution in [3.8, 4) is 0 Å². The summed E-state index contributed by atoms with van der Waals surface area (Å²) in [6, 6.07) is 1.43. The molecule has 6 nitrogen and oxygen atoms in total. The van der Waals surface area contributed by atoms with Gasteiger partial charge < -0.3 is 15.8 Å². The molecule has 0 radical (unpaired) electrons. The molecule has 3 N–H and O–H groups in total. The summed E-state index contributed by atoms with van der Waals surface area (Å²) in [5.74, 6) is -1.27. The van der Waals surface area contributed by atoms with Gasteiger partial charge in [-0.05, 0) is 19.9 Å². The molecule has 0 spiro atoms. The number of ether oxygens (including phenoxy) is 1. The van der Waals surface area contributed by atoms with E-state index in [2.05, 4.69) is 5.32 Å². The Labute approximate surface area is 114 Å². The first-order valence-corrected chi connectivity index (χ1v) is 6.64. The maximum absolute atomic E-state index is 11.7. The number of hydrogen-bond donors (Lipinski definition) is 2. The lowest BCUT2D eigenvalue weighted by atomic mass is 10.3. The molecule has 0 saturated carbocycles. The van der Waals surface area contributed by atoms with E-state index >= 15 is 0 Å². The van der Waals surface area contributed by atoms with Crippen LogP contribution in [0.1, 0.15) is 40.3 Å². The standard InChI is InChI=1S/C12H16N2O4S/c1-7(2)18-10(15)3-4-14-12(17)9-5-8(6-19-9)11(13)16/h5-7H,3-4H2,1-2H3,(H2,13,16)(H,14,17). The van der Waals surface area contributed by atoms with Crippen LogP contribution >= 0.6 is 11.3 Å². The molecule has 0 bridgehead atoms. The maximum Gasteiger partial charge on any atom is 0.307 e. The third kappa shape index (κ3) is 5.09. The summed E-state index contributed by atoms with van der Waals surface area (Å²) in [6.07, 6.45) is -0.0588. The van der Waals surface area contributed by atoms with E-state index in [1.807, 2.05) is 0 Å². The van der Waals surface area contributed by atoms with Crippen LogP contribution in [0.5, 0.6) is 0 Å². The van der Waals surface area contributed by atoms with E-state index in [9.17, 15) is 14.4 Å². The zero-order valence-corrected chi connectivity index (χ0v) is 11.6. The third-order valence-electron chi connectivity index (χ3n) is 2.09. The molecule has 104 valence electrons. The van der Waals surface area contributed by atoms with Gasteiger partial charge in [-0.1, -0.05) is 0 Å². The second kappa shape index (κ2) is 6.89. The number of primary amides is 1. The number of nitrogens with one attached hydrogen (secondary N) is 1. The fourth-order valence-electron chi connectivity index (χ4n) is 1.27. The minimum absolute atomic E-state index is 0.109. The lowest BCUT2D eigenvalue weighted by molar-refractivity contribution is -0.147. The number of carbonyl (C=O) groups excluding carboxylic acids is 3. The Bertz CT molecular complexity index is 482. The van der Waals surface area contributed by atoms with Gasteiger partial charge in [-0.3, -0.25) is 14.4 Å². The Hall–Kier alpha value is -1.89. The zero-order chi connectivity index (χ0) is 14.4. The Morgan fingerprint density at radius 2 is 2.11 bits per heavy atom. The van der Waals surface area contributed by atoms with E-state index in [1.165, 1.54) is 11.4 Å². The summed E-state index contributed by atoms with van der Waals surface area (Å²) in [6.45, 7) is 3.70. The van der Waals surface area contributed by atoms with Crippen LogP contribution in [0.4, 0.5) is 0 Å². The Morgan fingerprint density at radius 1 is 1.42 bits per heavy atom. The number of amides is 2. The third-order valence-corrected chi connectivity index (χ3v) is 3.02. The van der Waals surface area contributed by atoms with E-state index in [4.69, 9.17) is 10.5 Å². The first kappa shape index (κ1) is 15.2. The van der Waals surface area contributed by atoms with Crippen molar-refractivity contribution in [2.45, 2.75) is 26.4 Å². The molecule has 0 unspecified atom stereocenters. The van der Waals surface area contributed by atoms with Gasteiger partial charge in [0.15, 0.2) is 0 Å². The molecule has 0 aliphatic carbocycles. The van der Waals surface area contributed by atoms with Crippen molar-refractivity contribution in [2.75, 3.05) is 6.54 Å². The fourth-order valence-corrected chi connectivity index (χ4v) is 2.08. The SMILES string of the molecule is CC(C)OC(=O)CCNC(=O)c1cc(C(N)=O)cs1. The molecule has 0 saturated heterocycles. The van der Waals surface area contributed by atoms with Gasteiger partial charge in [-0.25, -0.2) is 0 Å². The fraction of sp³-hybridized carbons (Fsp3) is 0.417. The minimum Gasteiger partial charge on any atom is -0.463 e. The quantitative estimate of drug-likeness (QED) is 0.759. The van der Waals surface area contributed by atoms with Crippen LogP contribution in [0.15, 0.2) is 11.4 Å². The molecule has 1 rings (SSSR count). The average Bonchev–Trinajstić information content (AvgIpc) is 2.76. The molecular weight excluding hydrogens is 268 g/mol. The van der Waals surface area contributed by atoms with Crippen LogP contribution in [0.3, 0.4) is 0 Å². The van der Waals surface area contributed by atoms with Gasteiger partial charge in [0, 0.05) is 11.9 Å². The normalized spacial score (nSPS) is 10.3. The summed E-state index contributed by atoms with van der Waals surface area (Å²) < 4.78 is 4.92. The van der Waals surface area contributed by atoms with Crippen molar-refractivity contribution >= 4 is 29.1 Å². The van der Waals surface area contributed by atoms with Gasteiger partial charge >= 0.3 is 5.97 Å². The smallest absolute Gasteiger partial charge is 0.307 e. The van der Waals surface area contributed by atoms with Crippen molar-refractivity contribution in [1.82, 2.24) is 5.32 Å². The van der Waals surface area contributed by atoms with Crippen molar-refractivity contribution in [1.29, 1.82) is 0 Å². The molecule has 19 heavy (non-hydrogen) atoms. The summed E-state index contributed by atoms with van der Waals surface area (Å²) >= 11 is 1.13. The second-order valence-electron chi connectivity index (χ2n) is 4.11. The van der Waals surface area contributed by atoms with E-state index in [1.54, 1.807) is 13.8 Å². The molecule has 1 aromatic rings. The first-order chi connectivity index (χ1) is 8.90. The summed E-state index contributed by atoms with van der Waals surface area (Å²) in [4.78, 5) is 34.2. The van der Waals surface area contributed by atoms with Crippen LogP contribution in [0.2, 0.25) is 0 Å². The van der Waals surface area contributed by atoms with Crippen molar-refractivity contribution in [3.05, 3.63) is 21.9 Å². The lowest BCUT2D eigenvalue weighted by Gasteiger charge is -2.07. The number of carbonyl (C=O) groups is 3. The van der Waals surface area contributed by atoms with E-state index < -0.39 is 5.91 Å². The topological polar surface area (TPSA) is 98.5 Å². The average molecular weight is 284 g/mol. The summed E-state index contributed by atoms with van der Waals surface area (Å²) in [5.41, 5.74) is 5.39. The highest BCUT2D eigenvalue weighted by Gasteiger charge is 2.12. The van der Waals surface area contributed by atoms with Gasteiger partial charge in [-0.15, -0.1) is 11.3 Å². The van der Waals surface area contributed by atoms with Gasteiger partial charge in [-0.2, -0.15) is 0 Å². The Kier molecular flexibility index (Phi) is 5.50. The highest BCUT2D eigenvalue weighted by Crippen LogP contribution is 2.13. The second-order valence-corrected chi connectivity index (χ2v) is 5.02. The molecule has 0 aliphatic rings. The monoisotopic (exact) mass is 284 g/mol. The molecule has 0 atom stereocenters. The lowest BCUT2D eigenvalue weighted by Crippen LogP contribution is -2.26. The first-order valence-electron chi connectivity index (χ1n) is 5.76. The summed E-state index contributed by atoms with van der Waals surface area (Å²) in [5, 5.41) is 4.09. The van der Waals surface area contributed by atoms with Crippen molar-refractivity contribution in [2.24, 2.45) is 5.73 Å². The van der Waals surface area contributed by atoms with Crippen LogP contribution in [-0.2, 0) is 9.53 Å². The van der Waals surface area contributed by atoms with E-state index in [0.29, 0.717) is 10.4 Å². The minimum atomic E-state index is -0.573. The maximum atomic E-state index is 11.7.